The summed E-state index contributed by atoms with van der Waals surface area (Å²) in [5.41, 5.74) is 8.96. The van der Waals surface area contributed by atoms with Gasteiger partial charge in [0.25, 0.3) is 0 Å². The van der Waals surface area contributed by atoms with E-state index >= 15 is 0 Å². The minimum absolute atomic E-state index is 0.246. The van der Waals surface area contributed by atoms with Gasteiger partial charge in [-0.05, 0) is 37.3 Å². The Morgan fingerprint density at radius 2 is 2.18 bits per heavy atom. The number of hydrogen-bond donors (Lipinski definition) is 3. The topological polar surface area (TPSA) is 119 Å². The molecule has 0 aliphatic carbocycles. The van der Waals surface area contributed by atoms with Gasteiger partial charge in [0.05, 0.1) is 12.6 Å². The van der Waals surface area contributed by atoms with Gasteiger partial charge in [0.15, 0.2) is 4.34 Å². The predicted molar refractivity (Wildman–Crippen MR) is 109 cm³/mol. The second-order valence-electron chi connectivity index (χ2n) is 6.26. The number of benzene rings is 1. The number of ether oxygens (including phenoxy) is 1. The summed E-state index contributed by atoms with van der Waals surface area (Å²) in [4.78, 5) is 25.1. The summed E-state index contributed by atoms with van der Waals surface area (Å²) >= 11 is 2.47. The molecule has 8 nitrogen and oxygen atoms in total. The summed E-state index contributed by atoms with van der Waals surface area (Å²) < 4.78 is 5.91. The molecule has 1 fully saturated rings. The third-order valence-corrected chi connectivity index (χ3v) is 5.97. The number of nitrogens with one attached hydrogen (secondary N) is 2. The Balaban J connectivity index is 2.00. The number of rotatable bonds is 5. The quantitative estimate of drug-likeness (QED) is 0.503. The van der Waals surface area contributed by atoms with Gasteiger partial charge in [-0.1, -0.05) is 46.9 Å². The van der Waals surface area contributed by atoms with E-state index in [1.165, 1.54) is 23.1 Å². The summed E-state index contributed by atoms with van der Waals surface area (Å²) in [6, 6.07) is 5.03. The Morgan fingerprint density at radius 1 is 1.39 bits per heavy atom. The molecule has 0 unspecified atom stereocenters. The van der Waals surface area contributed by atoms with Gasteiger partial charge in [-0.2, -0.15) is 0 Å². The zero-order valence-corrected chi connectivity index (χ0v) is 17.3. The molecule has 0 radical (unpaired) electrons. The molecule has 148 valence electrons. The maximum absolute atomic E-state index is 12.8. The van der Waals surface area contributed by atoms with Crippen LogP contribution >= 0.6 is 23.1 Å². The van der Waals surface area contributed by atoms with Crippen LogP contribution in [0, 0.1) is 19.8 Å². The number of urea groups is 1. The van der Waals surface area contributed by atoms with Crippen LogP contribution in [-0.2, 0) is 9.53 Å². The summed E-state index contributed by atoms with van der Waals surface area (Å²) in [7, 11) is 0. The minimum Gasteiger partial charge on any atom is -0.465 e. The van der Waals surface area contributed by atoms with Crippen molar-refractivity contribution in [1.82, 2.24) is 20.8 Å². The number of aromatic nitrogens is 2. The number of carbonyl (C=O) groups is 2. The summed E-state index contributed by atoms with van der Waals surface area (Å²) in [6.45, 7) is 5.92. The van der Waals surface area contributed by atoms with Crippen molar-refractivity contribution in [3.05, 3.63) is 46.0 Å². The standard InChI is InChI=1S/C18H21N5O3S2/c1-4-26-15(24)13-12(8-27-18-23-22-16(19)28-18)20-17(25)21-14(13)11-7-9(2)5-6-10(11)3/h5-8,13-14H,4H2,1-3H3,(H2,19,22)(H2,20,21,25)/b12-8+/t13-,14+/m1/s1. The van der Waals surface area contributed by atoms with E-state index < -0.39 is 17.9 Å². The number of amides is 2. The Bertz CT molecular complexity index is 928. The Morgan fingerprint density at radius 3 is 2.86 bits per heavy atom. The van der Waals surface area contributed by atoms with Crippen LogP contribution < -0.4 is 16.4 Å². The fraction of sp³-hybridized carbons (Fsp3) is 0.333. The molecule has 2 amide bonds. The van der Waals surface area contributed by atoms with E-state index in [9.17, 15) is 9.59 Å². The monoisotopic (exact) mass is 419 g/mol. The summed E-state index contributed by atoms with van der Waals surface area (Å²) in [6.07, 6.45) is 0. The van der Waals surface area contributed by atoms with Gasteiger partial charge < -0.3 is 21.1 Å². The van der Waals surface area contributed by atoms with Crippen molar-refractivity contribution >= 4 is 40.2 Å². The molecule has 2 heterocycles. The lowest BCUT2D eigenvalue weighted by Crippen LogP contribution is -2.51. The van der Waals surface area contributed by atoms with Crippen LogP contribution in [0.3, 0.4) is 0 Å². The zero-order valence-electron chi connectivity index (χ0n) is 15.7. The molecule has 10 heteroatoms. The highest BCUT2D eigenvalue weighted by Crippen LogP contribution is 2.35. The maximum Gasteiger partial charge on any atom is 0.319 e. The van der Waals surface area contributed by atoms with E-state index in [2.05, 4.69) is 20.8 Å². The lowest BCUT2D eigenvalue weighted by molar-refractivity contribution is -0.147. The number of anilines is 1. The van der Waals surface area contributed by atoms with E-state index in [-0.39, 0.29) is 12.6 Å². The van der Waals surface area contributed by atoms with Gasteiger partial charge in [-0.25, -0.2) is 4.79 Å². The van der Waals surface area contributed by atoms with Crippen molar-refractivity contribution in [3.63, 3.8) is 0 Å². The third-order valence-electron chi connectivity index (χ3n) is 4.23. The lowest BCUT2D eigenvalue weighted by Gasteiger charge is -2.34. The number of nitrogen functional groups attached to an aromatic ring is 1. The normalized spacial score (nSPS) is 20.5. The highest BCUT2D eigenvalue weighted by molar-refractivity contribution is 8.03. The van der Waals surface area contributed by atoms with Crippen LogP contribution in [0.5, 0.6) is 0 Å². The van der Waals surface area contributed by atoms with Crippen molar-refractivity contribution < 1.29 is 14.3 Å². The van der Waals surface area contributed by atoms with Gasteiger partial charge >= 0.3 is 12.0 Å². The minimum atomic E-state index is -0.712. The van der Waals surface area contributed by atoms with Gasteiger partial charge in [-0.15, -0.1) is 10.2 Å². The van der Waals surface area contributed by atoms with Gasteiger partial charge in [0.2, 0.25) is 5.13 Å². The van der Waals surface area contributed by atoms with Crippen molar-refractivity contribution in [1.29, 1.82) is 0 Å². The molecule has 0 saturated carbocycles. The highest BCUT2D eigenvalue weighted by Gasteiger charge is 2.40. The fourth-order valence-electron chi connectivity index (χ4n) is 2.98. The van der Waals surface area contributed by atoms with Crippen LogP contribution in [0.1, 0.15) is 29.7 Å². The molecule has 2 atom stereocenters. The second-order valence-corrected chi connectivity index (χ2v) is 8.39. The maximum atomic E-state index is 12.8. The average Bonchev–Trinajstić information content (AvgIpc) is 3.07. The van der Waals surface area contributed by atoms with E-state index in [4.69, 9.17) is 10.5 Å². The molecule has 4 N–H and O–H groups in total. The molecule has 3 rings (SSSR count). The molecule has 28 heavy (non-hydrogen) atoms. The van der Waals surface area contributed by atoms with E-state index in [0.717, 1.165) is 16.7 Å². The summed E-state index contributed by atoms with van der Waals surface area (Å²) in [5.74, 6) is -1.12. The molecule has 1 saturated heterocycles. The predicted octanol–water partition coefficient (Wildman–Crippen LogP) is 2.90. The average molecular weight is 420 g/mol. The first-order valence-corrected chi connectivity index (χ1v) is 10.4. The first kappa shape index (κ1) is 20.2. The first-order valence-electron chi connectivity index (χ1n) is 8.66. The zero-order chi connectivity index (χ0) is 20.3. The smallest absolute Gasteiger partial charge is 0.319 e. The SMILES string of the molecule is CCOC(=O)[C@@H]1/C(=C\Sc2nnc(N)s2)NC(=O)N[C@H]1c1cc(C)ccc1C. The van der Waals surface area contributed by atoms with Gasteiger partial charge in [0, 0.05) is 5.70 Å². The number of thioether (sulfide) groups is 1. The summed E-state index contributed by atoms with van der Waals surface area (Å²) in [5, 5.41) is 15.4. The van der Waals surface area contributed by atoms with Crippen molar-refractivity contribution in [2.24, 2.45) is 5.92 Å². The number of aryl methyl sites for hydroxylation is 2. The lowest BCUT2D eigenvalue weighted by atomic mass is 9.86. The third kappa shape index (κ3) is 4.45. The second kappa shape index (κ2) is 8.61. The molecule has 0 bridgehead atoms. The van der Waals surface area contributed by atoms with Crippen molar-refractivity contribution in [2.75, 3.05) is 12.3 Å². The number of carbonyl (C=O) groups excluding carboxylic acids is 2. The van der Waals surface area contributed by atoms with Crippen LogP contribution in [0.15, 0.2) is 33.6 Å². The number of nitrogens with two attached hydrogens (primary N) is 1. The molecule has 1 aromatic carbocycles. The number of esters is 1. The number of nitrogens with zero attached hydrogens (tertiary/aromatic N) is 2. The van der Waals surface area contributed by atoms with Crippen LogP contribution in [0.2, 0.25) is 0 Å². The molecular weight excluding hydrogens is 398 g/mol. The molecule has 2 aromatic rings. The van der Waals surface area contributed by atoms with E-state index in [1.54, 1.807) is 12.3 Å². The molecule has 0 spiro atoms. The molecule has 1 aliphatic heterocycles. The van der Waals surface area contributed by atoms with Gasteiger partial charge in [-0.3, -0.25) is 4.79 Å². The van der Waals surface area contributed by atoms with Crippen LogP contribution in [0.4, 0.5) is 9.93 Å². The Kier molecular flexibility index (Phi) is 6.20. The first-order chi connectivity index (χ1) is 13.4. The largest absolute Gasteiger partial charge is 0.465 e. The number of hydrogen-bond acceptors (Lipinski definition) is 8. The Labute approximate surface area is 170 Å². The molecule has 1 aromatic heterocycles. The van der Waals surface area contributed by atoms with Crippen LogP contribution in [0.25, 0.3) is 0 Å². The van der Waals surface area contributed by atoms with E-state index in [1.807, 2.05) is 32.0 Å². The molecular formula is C18H21N5O3S2. The van der Waals surface area contributed by atoms with Crippen molar-refractivity contribution in [2.45, 2.75) is 31.2 Å². The fourth-order valence-corrected chi connectivity index (χ4v) is 4.44. The molecule has 1 aliphatic rings. The van der Waals surface area contributed by atoms with E-state index in [0.29, 0.717) is 15.2 Å². The van der Waals surface area contributed by atoms with Crippen LogP contribution in [-0.4, -0.2) is 28.8 Å². The van der Waals surface area contributed by atoms with Gasteiger partial charge in [0.1, 0.15) is 5.92 Å². The van der Waals surface area contributed by atoms with Crippen molar-refractivity contribution in [3.8, 4) is 0 Å². The Hall–Kier alpha value is -2.59. The highest BCUT2D eigenvalue weighted by atomic mass is 32.2.